The first-order chi connectivity index (χ1) is 23.3. The molecular formula is C34H41F2N2O10P. The molecule has 266 valence electrons. The number of nitrogens with two attached hydrogens (primary N) is 1. The van der Waals surface area contributed by atoms with Gasteiger partial charge in [0.15, 0.2) is 5.54 Å². The van der Waals surface area contributed by atoms with Crippen molar-refractivity contribution in [2.24, 2.45) is 5.73 Å². The van der Waals surface area contributed by atoms with Gasteiger partial charge in [0, 0.05) is 18.5 Å². The number of methoxy groups -OCH3 is 1. The predicted octanol–water partition coefficient (Wildman–Crippen LogP) is 5.45. The molecule has 1 unspecified atom stereocenters. The van der Waals surface area contributed by atoms with Gasteiger partial charge in [0.25, 0.3) is 5.91 Å². The number of nitrogens with one attached hydrogen (secondary N) is 1. The van der Waals surface area contributed by atoms with Crippen LogP contribution in [0.1, 0.15) is 53.7 Å². The SMILES string of the molecule is CCOP(=O)(OCC)C(F)(F)c1ccc(CC(N)(C(=O)NCCCCOc2cccc(O)c2C(=O)OC)C(=O)OCc2ccccc2)cc1. The van der Waals surface area contributed by atoms with Crippen molar-refractivity contribution in [2.75, 3.05) is 33.5 Å². The monoisotopic (exact) mass is 706 g/mol. The number of phenolic OH excluding ortho intramolecular Hbond substituents is 1. The Hall–Kier alpha value is -4.36. The molecule has 0 bridgehead atoms. The number of esters is 2. The molecule has 3 aromatic rings. The molecule has 0 radical (unpaired) electrons. The highest BCUT2D eigenvalue weighted by Gasteiger charge is 2.54. The summed E-state index contributed by atoms with van der Waals surface area (Å²) >= 11 is 0. The number of carbonyl (C=O) groups is 3. The standard InChI is InChI=1S/C34H41F2N2O10P/c1-4-47-49(43,48-5-2)34(35,36)26-18-16-24(17-19-26)22-33(37,32(42)46-23-25-12-7-6-8-13-25)31(41)38-20-9-10-21-45-28-15-11-14-27(39)29(28)30(40)44-3/h6-8,11-19,39H,4-5,9-10,20-23,37H2,1-3H3,(H,38,41). The summed E-state index contributed by atoms with van der Waals surface area (Å²) in [5.41, 5.74) is 0.340. The third kappa shape index (κ3) is 9.85. The van der Waals surface area contributed by atoms with Crippen molar-refractivity contribution >= 4 is 25.4 Å². The molecule has 12 nitrogen and oxygen atoms in total. The average Bonchev–Trinajstić information content (AvgIpc) is 3.09. The number of hydrogen-bond donors (Lipinski definition) is 3. The maximum absolute atomic E-state index is 15.3. The van der Waals surface area contributed by atoms with E-state index in [1.807, 2.05) is 0 Å². The molecule has 0 spiro atoms. The minimum absolute atomic E-state index is 0.0757. The molecule has 1 amide bonds. The summed E-state index contributed by atoms with van der Waals surface area (Å²) in [6.07, 6.45) is 0.357. The molecule has 15 heteroatoms. The average molecular weight is 707 g/mol. The highest BCUT2D eigenvalue weighted by molar-refractivity contribution is 7.54. The normalized spacial score (nSPS) is 12.9. The largest absolute Gasteiger partial charge is 0.507 e. The van der Waals surface area contributed by atoms with Crippen molar-refractivity contribution in [3.8, 4) is 11.5 Å². The first-order valence-electron chi connectivity index (χ1n) is 15.5. The van der Waals surface area contributed by atoms with Crippen LogP contribution in [0.3, 0.4) is 0 Å². The number of benzene rings is 3. The minimum atomic E-state index is -4.86. The zero-order chi connectivity index (χ0) is 36.1. The fourth-order valence-corrected chi connectivity index (χ4v) is 6.20. The lowest BCUT2D eigenvalue weighted by Gasteiger charge is -2.27. The van der Waals surface area contributed by atoms with Crippen LogP contribution in [0.15, 0.2) is 72.8 Å². The second-order valence-corrected chi connectivity index (χ2v) is 12.8. The van der Waals surface area contributed by atoms with Gasteiger partial charge < -0.3 is 39.4 Å². The van der Waals surface area contributed by atoms with E-state index in [-0.39, 0.29) is 55.6 Å². The lowest BCUT2D eigenvalue weighted by Crippen LogP contribution is -2.61. The second kappa shape index (κ2) is 17.9. The Labute approximate surface area is 283 Å². The number of amides is 1. The van der Waals surface area contributed by atoms with E-state index in [1.54, 1.807) is 30.3 Å². The van der Waals surface area contributed by atoms with E-state index in [4.69, 9.17) is 24.3 Å². The topological polar surface area (TPSA) is 173 Å². The van der Waals surface area contributed by atoms with E-state index < -0.39 is 48.6 Å². The van der Waals surface area contributed by atoms with E-state index >= 15 is 8.78 Å². The Balaban J connectivity index is 1.71. The van der Waals surface area contributed by atoms with Crippen molar-refractivity contribution in [1.29, 1.82) is 0 Å². The summed E-state index contributed by atoms with van der Waals surface area (Å²) in [5, 5.41) is 12.6. The lowest BCUT2D eigenvalue weighted by molar-refractivity contribution is -0.155. The summed E-state index contributed by atoms with van der Waals surface area (Å²) in [4.78, 5) is 38.8. The van der Waals surface area contributed by atoms with Crippen molar-refractivity contribution in [3.63, 3.8) is 0 Å². The molecule has 4 N–H and O–H groups in total. The molecule has 1 atom stereocenters. The first kappa shape index (κ1) is 39.1. The number of ether oxygens (including phenoxy) is 3. The van der Waals surface area contributed by atoms with Gasteiger partial charge in [0.05, 0.1) is 26.9 Å². The number of carbonyl (C=O) groups excluding carboxylic acids is 3. The van der Waals surface area contributed by atoms with Gasteiger partial charge in [-0.25, -0.2) is 9.59 Å². The van der Waals surface area contributed by atoms with Crippen molar-refractivity contribution in [3.05, 3.63) is 95.1 Å². The lowest BCUT2D eigenvalue weighted by atomic mass is 9.90. The fraction of sp³-hybridized carbons (Fsp3) is 0.382. The van der Waals surface area contributed by atoms with Gasteiger partial charge in [0.2, 0.25) is 0 Å². The number of hydrogen-bond acceptors (Lipinski definition) is 11. The van der Waals surface area contributed by atoms with Crippen LogP contribution in [-0.4, -0.2) is 62.0 Å². The van der Waals surface area contributed by atoms with E-state index in [2.05, 4.69) is 10.1 Å². The summed E-state index contributed by atoms with van der Waals surface area (Å²) in [7, 11) is -3.68. The van der Waals surface area contributed by atoms with Crippen LogP contribution < -0.4 is 15.8 Å². The molecule has 0 saturated carbocycles. The smallest absolute Gasteiger partial charge is 0.404 e. The molecule has 0 fully saturated rings. The van der Waals surface area contributed by atoms with Crippen LogP contribution in [0.25, 0.3) is 0 Å². The second-order valence-electron chi connectivity index (χ2n) is 10.7. The minimum Gasteiger partial charge on any atom is -0.507 e. The van der Waals surface area contributed by atoms with Crippen LogP contribution in [0.5, 0.6) is 11.5 Å². The summed E-state index contributed by atoms with van der Waals surface area (Å²) in [6.45, 7) is 2.34. The van der Waals surface area contributed by atoms with Gasteiger partial charge in [-0.05, 0) is 49.9 Å². The summed E-state index contributed by atoms with van der Waals surface area (Å²) < 4.78 is 68.8. The Kier molecular flexibility index (Phi) is 14.3. The highest BCUT2D eigenvalue weighted by Crippen LogP contribution is 2.66. The molecule has 3 rings (SSSR count). The zero-order valence-electron chi connectivity index (χ0n) is 27.5. The predicted molar refractivity (Wildman–Crippen MR) is 175 cm³/mol. The van der Waals surface area contributed by atoms with Crippen LogP contribution in [0.2, 0.25) is 0 Å². The fourth-order valence-electron chi connectivity index (χ4n) is 4.66. The molecule has 49 heavy (non-hydrogen) atoms. The van der Waals surface area contributed by atoms with Crippen molar-refractivity contribution in [1.82, 2.24) is 5.32 Å². The van der Waals surface area contributed by atoms with Gasteiger partial charge in [-0.2, -0.15) is 8.78 Å². The first-order valence-corrected chi connectivity index (χ1v) is 17.0. The Bertz CT molecular complexity index is 1600. The number of unbranched alkanes of at least 4 members (excludes halogenated alkanes) is 1. The zero-order valence-corrected chi connectivity index (χ0v) is 28.4. The molecule has 0 heterocycles. The third-order valence-corrected chi connectivity index (χ3v) is 9.36. The van der Waals surface area contributed by atoms with Gasteiger partial charge in [-0.3, -0.25) is 9.36 Å². The van der Waals surface area contributed by atoms with Crippen molar-refractivity contribution < 1.29 is 56.1 Å². The maximum Gasteiger partial charge on any atom is 0.404 e. The number of alkyl halides is 2. The van der Waals surface area contributed by atoms with Crippen LogP contribution in [0.4, 0.5) is 8.78 Å². The Morgan fingerprint density at radius 2 is 1.55 bits per heavy atom. The van der Waals surface area contributed by atoms with E-state index in [1.165, 1.54) is 51.3 Å². The molecule has 3 aromatic carbocycles. The Morgan fingerprint density at radius 1 is 0.898 bits per heavy atom. The number of phenols is 1. The summed E-state index contributed by atoms with van der Waals surface area (Å²) in [6, 6.07) is 17.6. The van der Waals surface area contributed by atoms with Crippen LogP contribution in [-0.2, 0) is 51.4 Å². The molecular weight excluding hydrogens is 665 g/mol. The molecule has 0 aliphatic rings. The third-order valence-electron chi connectivity index (χ3n) is 7.22. The molecule has 0 aliphatic heterocycles. The molecule has 0 aromatic heterocycles. The molecule has 0 aliphatic carbocycles. The number of aromatic hydroxyl groups is 1. The van der Waals surface area contributed by atoms with Gasteiger partial charge in [-0.1, -0.05) is 60.7 Å². The highest BCUT2D eigenvalue weighted by atomic mass is 31.2. The Morgan fingerprint density at radius 3 is 2.16 bits per heavy atom. The quantitative estimate of drug-likeness (QED) is 0.0626. The summed E-state index contributed by atoms with van der Waals surface area (Å²) in [5.74, 6) is -2.84. The van der Waals surface area contributed by atoms with E-state index in [9.17, 15) is 24.1 Å². The van der Waals surface area contributed by atoms with Crippen LogP contribution >= 0.6 is 7.60 Å². The number of rotatable bonds is 19. The van der Waals surface area contributed by atoms with E-state index in [0.29, 0.717) is 18.4 Å². The maximum atomic E-state index is 15.3. The van der Waals surface area contributed by atoms with E-state index in [0.717, 1.165) is 12.1 Å². The van der Waals surface area contributed by atoms with Crippen molar-refractivity contribution in [2.45, 2.75) is 50.9 Å². The van der Waals surface area contributed by atoms with Crippen LogP contribution in [0, 0.1) is 0 Å². The van der Waals surface area contributed by atoms with Gasteiger partial charge >= 0.3 is 25.2 Å². The van der Waals surface area contributed by atoms with Gasteiger partial charge in [-0.15, -0.1) is 0 Å². The van der Waals surface area contributed by atoms with Gasteiger partial charge in [0.1, 0.15) is 23.7 Å². The molecule has 0 saturated heterocycles. The number of halogens is 2.